The summed E-state index contributed by atoms with van der Waals surface area (Å²) < 4.78 is 2.06. The van der Waals surface area contributed by atoms with Crippen LogP contribution in [0.4, 0.5) is 0 Å². The molecule has 0 radical (unpaired) electrons. The lowest BCUT2D eigenvalue weighted by Gasteiger charge is -2.19. The predicted molar refractivity (Wildman–Crippen MR) is 110 cm³/mol. The fourth-order valence-electron chi connectivity index (χ4n) is 4.13. The number of H-pyrrole nitrogens is 1. The Bertz CT molecular complexity index is 1190. The topological polar surface area (TPSA) is 60.6 Å². The lowest BCUT2D eigenvalue weighted by Crippen LogP contribution is -2.21. The molecule has 1 aliphatic rings. The zero-order chi connectivity index (χ0) is 19.1. The molecule has 1 N–H and O–H groups in total. The fraction of sp³-hybridized carbons (Fsp3) is 0.217. The number of nitriles is 1. The van der Waals surface area contributed by atoms with Gasteiger partial charge in [-0.25, -0.2) is 4.98 Å². The first-order valence-electron chi connectivity index (χ1n) is 9.62. The van der Waals surface area contributed by atoms with Gasteiger partial charge in [-0.2, -0.15) is 5.26 Å². The molecule has 5 nitrogen and oxygen atoms in total. The maximum absolute atomic E-state index is 9.30. The van der Waals surface area contributed by atoms with E-state index >= 15 is 0 Å². The number of nitrogens with zero attached hydrogens (tertiary/aromatic N) is 4. The summed E-state index contributed by atoms with van der Waals surface area (Å²) >= 11 is 0. The number of hydrogen-bond acceptors (Lipinski definition) is 3. The molecule has 0 spiro atoms. The maximum atomic E-state index is 9.30. The molecular weight excluding hydrogens is 346 g/mol. The van der Waals surface area contributed by atoms with Crippen LogP contribution in [0.1, 0.15) is 24.6 Å². The molecule has 1 unspecified atom stereocenters. The summed E-state index contributed by atoms with van der Waals surface area (Å²) in [6, 6.07) is 17.0. The average Bonchev–Trinajstić information content (AvgIpc) is 3.46. The van der Waals surface area contributed by atoms with Crippen LogP contribution >= 0.6 is 0 Å². The molecule has 5 heteroatoms. The summed E-state index contributed by atoms with van der Waals surface area (Å²) in [6.45, 7) is 2.95. The molecule has 3 heterocycles. The largest absolute Gasteiger partial charge is 0.354 e. The van der Waals surface area contributed by atoms with Crippen molar-refractivity contribution in [1.29, 1.82) is 5.26 Å². The highest BCUT2D eigenvalue weighted by Crippen LogP contribution is 2.31. The molecule has 1 aliphatic heterocycles. The van der Waals surface area contributed by atoms with Crippen LogP contribution in [0.25, 0.3) is 33.4 Å². The summed E-state index contributed by atoms with van der Waals surface area (Å²) in [5.74, 6) is 0. The van der Waals surface area contributed by atoms with Gasteiger partial charge < -0.3 is 9.55 Å². The van der Waals surface area contributed by atoms with Gasteiger partial charge in [0.15, 0.2) is 6.19 Å². The number of benzene rings is 2. The van der Waals surface area contributed by atoms with E-state index in [9.17, 15) is 5.26 Å². The highest BCUT2D eigenvalue weighted by molar-refractivity contribution is 5.88. The Morgan fingerprint density at radius 2 is 2.00 bits per heavy atom. The first kappa shape index (κ1) is 16.6. The predicted octanol–water partition coefficient (Wildman–Crippen LogP) is 5.08. The lowest BCUT2D eigenvalue weighted by molar-refractivity contribution is 0.281. The van der Waals surface area contributed by atoms with Crippen LogP contribution in [0.5, 0.6) is 0 Å². The van der Waals surface area contributed by atoms with Crippen molar-refractivity contribution in [2.75, 3.05) is 6.54 Å². The van der Waals surface area contributed by atoms with Crippen LogP contribution in [-0.2, 0) is 0 Å². The molecule has 28 heavy (non-hydrogen) atoms. The third-order valence-electron chi connectivity index (χ3n) is 5.63. The summed E-state index contributed by atoms with van der Waals surface area (Å²) in [5.41, 5.74) is 6.69. The maximum Gasteiger partial charge on any atom is 0.181 e. The van der Waals surface area contributed by atoms with E-state index < -0.39 is 0 Å². The Labute approximate surface area is 163 Å². The summed E-state index contributed by atoms with van der Waals surface area (Å²) in [6.07, 6.45) is 8.30. The summed E-state index contributed by atoms with van der Waals surface area (Å²) in [5, 5.41) is 10.5. The molecule has 138 valence electrons. The molecule has 0 amide bonds. The van der Waals surface area contributed by atoms with E-state index in [0.29, 0.717) is 0 Å². The van der Waals surface area contributed by atoms with Crippen LogP contribution in [0.3, 0.4) is 0 Å². The molecule has 0 bridgehead atoms. The Morgan fingerprint density at radius 1 is 1.14 bits per heavy atom. The van der Waals surface area contributed by atoms with E-state index in [1.807, 2.05) is 11.2 Å². The van der Waals surface area contributed by atoms with Crippen LogP contribution in [0.2, 0.25) is 0 Å². The standard InChI is InChI=1S/C23H21N5/c1-16-5-2-8-19-12-20(26-23(16)19)17-6-3-7-18(11-17)21-13-28(15-25-21)22-9-4-10-27(22)14-24/h2-3,5-8,11-13,15,22,26H,4,9-10H2,1H3. The van der Waals surface area contributed by atoms with Crippen molar-refractivity contribution in [3.05, 3.63) is 66.6 Å². The second kappa shape index (κ2) is 6.58. The minimum absolute atomic E-state index is 0.0890. The van der Waals surface area contributed by atoms with E-state index in [1.165, 1.54) is 16.5 Å². The minimum atomic E-state index is 0.0890. The van der Waals surface area contributed by atoms with E-state index in [0.717, 1.165) is 41.9 Å². The van der Waals surface area contributed by atoms with Crippen molar-refractivity contribution >= 4 is 10.9 Å². The molecule has 1 saturated heterocycles. The van der Waals surface area contributed by atoms with Gasteiger partial charge in [-0.3, -0.25) is 4.90 Å². The highest BCUT2D eigenvalue weighted by Gasteiger charge is 2.25. The molecule has 1 atom stereocenters. The van der Waals surface area contributed by atoms with Gasteiger partial charge in [0, 0.05) is 34.9 Å². The number of aromatic nitrogens is 3. The van der Waals surface area contributed by atoms with Gasteiger partial charge >= 0.3 is 0 Å². The molecule has 0 saturated carbocycles. The minimum Gasteiger partial charge on any atom is -0.354 e. The summed E-state index contributed by atoms with van der Waals surface area (Å²) in [7, 11) is 0. The van der Waals surface area contributed by atoms with Crippen LogP contribution in [-0.4, -0.2) is 26.0 Å². The summed E-state index contributed by atoms with van der Waals surface area (Å²) in [4.78, 5) is 9.99. The highest BCUT2D eigenvalue weighted by atomic mass is 15.3. The molecule has 2 aromatic carbocycles. The first-order chi connectivity index (χ1) is 13.7. The second-order valence-electron chi connectivity index (χ2n) is 7.43. The van der Waals surface area contributed by atoms with Crippen molar-refractivity contribution < 1.29 is 0 Å². The molecular formula is C23H21N5. The molecule has 2 aromatic heterocycles. The monoisotopic (exact) mass is 367 g/mol. The van der Waals surface area contributed by atoms with Gasteiger partial charge in [-0.15, -0.1) is 0 Å². The normalized spacial score (nSPS) is 16.6. The zero-order valence-corrected chi connectivity index (χ0v) is 15.8. The van der Waals surface area contributed by atoms with Gasteiger partial charge in [-0.05, 0) is 43.0 Å². The van der Waals surface area contributed by atoms with Crippen molar-refractivity contribution in [3.8, 4) is 28.7 Å². The fourth-order valence-corrected chi connectivity index (χ4v) is 4.13. The van der Waals surface area contributed by atoms with Crippen LogP contribution < -0.4 is 0 Å². The number of hydrogen-bond donors (Lipinski definition) is 1. The number of fused-ring (bicyclic) bond motifs is 1. The SMILES string of the molecule is Cc1cccc2cc(-c3cccc(-c4cn(C5CCCN5C#N)cn4)c3)[nH]c12. The van der Waals surface area contributed by atoms with Gasteiger partial charge in [0.05, 0.1) is 12.0 Å². The quantitative estimate of drug-likeness (QED) is 0.514. The number of nitrogens with one attached hydrogen (secondary N) is 1. The third kappa shape index (κ3) is 2.74. The lowest BCUT2D eigenvalue weighted by atomic mass is 10.1. The Morgan fingerprint density at radius 3 is 2.86 bits per heavy atom. The van der Waals surface area contributed by atoms with Gasteiger partial charge in [0.1, 0.15) is 6.17 Å². The van der Waals surface area contributed by atoms with E-state index in [1.54, 1.807) is 0 Å². The number of aryl methyl sites for hydroxylation is 1. The zero-order valence-electron chi connectivity index (χ0n) is 15.8. The van der Waals surface area contributed by atoms with Crippen molar-refractivity contribution in [2.24, 2.45) is 0 Å². The Hall–Kier alpha value is -3.52. The first-order valence-corrected chi connectivity index (χ1v) is 9.62. The second-order valence-corrected chi connectivity index (χ2v) is 7.43. The van der Waals surface area contributed by atoms with Crippen molar-refractivity contribution in [1.82, 2.24) is 19.4 Å². The molecule has 4 aromatic rings. The van der Waals surface area contributed by atoms with Crippen LogP contribution in [0.15, 0.2) is 61.1 Å². The van der Waals surface area contributed by atoms with Gasteiger partial charge in [-0.1, -0.05) is 36.4 Å². The van der Waals surface area contributed by atoms with E-state index in [2.05, 4.69) is 82.4 Å². The van der Waals surface area contributed by atoms with Crippen LogP contribution in [0, 0.1) is 18.4 Å². The number of rotatable bonds is 3. The van der Waals surface area contributed by atoms with Gasteiger partial charge in [0.2, 0.25) is 0 Å². The van der Waals surface area contributed by atoms with Crippen molar-refractivity contribution in [3.63, 3.8) is 0 Å². The number of imidazole rings is 1. The van der Waals surface area contributed by atoms with Crippen molar-refractivity contribution in [2.45, 2.75) is 25.9 Å². The van der Waals surface area contributed by atoms with E-state index in [4.69, 9.17) is 0 Å². The average molecular weight is 367 g/mol. The number of aromatic amines is 1. The van der Waals surface area contributed by atoms with E-state index in [-0.39, 0.29) is 6.17 Å². The number of para-hydroxylation sites is 1. The molecule has 1 fully saturated rings. The third-order valence-corrected chi connectivity index (χ3v) is 5.63. The Balaban J connectivity index is 1.49. The molecule has 0 aliphatic carbocycles. The van der Waals surface area contributed by atoms with Gasteiger partial charge in [0.25, 0.3) is 0 Å². The Kier molecular flexibility index (Phi) is 3.91. The smallest absolute Gasteiger partial charge is 0.181 e. The number of likely N-dealkylation sites (tertiary alicyclic amines) is 1. The molecule has 5 rings (SSSR count).